The molecule has 0 bridgehead atoms. The van der Waals surface area contributed by atoms with E-state index in [0.717, 1.165) is 33.5 Å². The molecule has 7 heteroatoms. The van der Waals surface area contributed by atoms with Gasteiger partial charge in [-0.15, -0.1) is 11.3 Å². The maximum Gasteiger partial charge on any atom is 0.230 e. The minimum absolute atomic E-state index is 0.120. The number of hydrogen-bond donors (Lipinski definition) is 1. The molecule has 3 rings (SSSR count). The first-order valence-electron chi connectivity index (χ1n) is 7.47. The normalized spacial score (nSPS) is 10.8. The predicted octanol–water partition coefficient (Wildman–Crippen LogP) is 4.09. The van der Waals surface area contributed by atoms with Gasteiger partial charge in [-0.3, -0.25) is 4.79 Å². The Kier molecular flexibility index (Phi) is 4.69. The van der Waals surface area contributed by atoms with Gasteiger partial charge in [0.2, 0.25) is 11.0 Å². The van der Waals surface area contributed by atoms with E-state index in [9.17, 15) is 4.79 Å². The average molecular weight is 361 g/mol. The van der Waals surface area contributed by atoms with Crippen LogP contribution < -0.4 is 5.32 Å². The van der Waals surface area contributed by atoms with Gasteiger partial charge in [-0.05, 0) is 44.5 Å². The van der Waals surface area contributed by atoms with Crippen molar-refractivity contribution in [2.75, 3.05) is 5.32 Å². The van der Waals surface area contributed by atoms with E-state index >= 15 is 0 Å². The van der Waals surface area contributed by atoms with Crippen LogP contribution in [0.25, 0.3) is 5.13 Å². The summed E-state index contributed by atoms with van der Waals surface area (Å²) in [4.78, 5) is 16.8. The standard InChI is InChI=1S/C17H17ClN4OS/c1-10-7-11(2)22(21-10)17-19-13(9-24-17)8-16(23)20-15-6-4-5-14(18)12(15)3/h4-7,9H,8H2,1-3H3,(H,20,23). The van der Waals surface area contributed by atoms with E-state index in [1.165, 1.54) is 11.3 Å². The van der Waals surface area contributed by atoms with E-state index in [2.05, 4.69) is 15.4 Å². The quantitative estimate of drug-likeness (QED) is 0.762. The van der Waals surface area contributed by atoms with Gasteiger partial charge in [0, 0.05) is 21.8 Å². The summed E-state index contributed by atoms with van der Waals surface area (Å²) >= 11 is 7.55. The molecule has 2 aromatic heterocycles. The number of nitrogens with zero attached hydrogens (tertiary/aromatic N) is 3. The number of carbonyl (C=O) groups is 1. The van der Waals surface area contributed by atoms with Crippen LogP contribution in [-0.4, -0.2) is 20.7 Å². The van der Waals surface area contributed by atoms with Crippen molar-refractivity contribution in [1.82, 2.24) is 14.8 Å². The molecule has 1 amide bonds. The number of aryl methyl sites for hydroxylation is 2. The molecule has 124 valence electrons. The van der Waals surface area contributed by atoms with Crippen molar-refractivity contribution in [1.29, 1.82) is 0 Å². The molecule has 0 unspecified atom stereocenters. The summed E-state index contributed by atoms with van der Waals surface area (Å²) in [6, 6.07) is 7.44. The first-order chi connectivity index (χ1) is 11.4. The molecule has 2 heterocycles. The second kappa shape index (κ2) is 6.75. The van der Waals surface area contributed by atoms with Crippen molar-refractivity contribution in [3.63, 3.8) is 0 Å². The fourth-order valence-corrected chi connectivity index (χ4v) is 3.41. The number of benzene rings is 1. The van der Waals surface area contributed by atoms with Crippen LogP contribution in [0.4, 0.5) is 5.69 Å². The van der Waals surface area contributed by atoms with Crippen LogP contribution in [0.15, 0.2) is 29.6 Å². The highest BCUT2D eigenvalue weighted by molar-refractivity contribution is 7.12. The van der Waals surface area contributed by atoms with Gasteiger partial charge in [0.15, 0.2) is 0 Å². The molecule has 0 spiro atoms. The van der Waals surface area contributed by atoms with Gasteiger partial charge in [-0.25, -0.2) is 9.67 Å². The molecule has 1 N–H and O–H groups in total. The Bertz CT molecular complexity index is 900. The zero-order valence-electron chi connectivity index (χ0n) is 13.6. The van der Waals surface area contributed by atoms with E-state index in [1.54, 1.807) is 10.7 Å². The van der Waals surface area contributed by atoms with Gasteiger partial charge in [-0.2, -0.15) is 5.10 Å². The molecule has 24 heavy (non-hydrogen) atoms. The number of amides is 1. The van der Waals surface area contributed by atoms with Gasteiger partial charge in [0.05, 0.1) is 17.8 Å². The highest BCUT2D eigenvalue weighted by Crippen LogP contribution is 2.23. The van der Waals surface area contributed by atoms with Gasteiger partial charge in [0.1, 0.15) is 0 Å². The number of anilines is 1. The fourth-order valence-electron chi connectivity index (χ4n) is 2.40. The largest absolute Gasteiger partial charge is 0.325 e. The molecule has 0 aliphatic heterocycles. The Hall–Kier alpha value is -2.18. The highest BCUT2D eigenvalue weighted by atomic mass is 35.5. The van der Waals surface area contributed by atoms with Crippen LogP contribution in [0.1, 0.15) is 22.6 Å². The predicted molar refractivity (Wildman–Crippen MR) is 97.2 cm³/mol. The Morgan fingerprint density at radius 1 is 1.33 bits per heavy atom. The number of nitrogens with one attached hydrogen (secondary N) is 1. The second-order valence-electron chi connectivity index (χ2n) is 5.60. The highest BCUT2D eigenvalue weighted by Gasteiger charge is 2.12. The Morgan fingerprint density at radius 3 is 2.83 bits per heavy atom. The summed E-state index contributed by atoms with van der Waals surface area (Å²) in [6.45, 7) is 5.80. The molecule has 3 aromatic rings. The van der Waals surface area contributed by atoms with Crippen molar-refractivity contribution < 1.29 is 4.79 Å². The van der Waals surface area contributed by atoms with Crippen LogP contribution in [0.5, 0.6) is 0 Å². The molecule has 0 saturated heterocycles. The molecule has 0 aliphatic carbocycles. The summed E-state index contributed by atoms with van der Waals surface area (Å²) < 4.78 is 1.79. The van der Waals surface area contributed by atoms with Crippen molar-refractivity contribution in [2.24, 2.45) is 0 Å². The summed E-state index contributed by atoms with van der Waals surface area (Å²) in [7, 11) is 0. The molecule has 0 saturated carbocycles. The van der Waals surface area contributed by atoms with E-state index in [0.29, 0.717) is 5.02 Å². The SMILES string of the molecule is Cc1cc(C)n(-c2nc(CC(=O)Nc3cccc(Cl)c3C)cs2)n1. The van der Waals surface area contributed by atoms with Gasteiger partial charge in [-0.1, -0.05) is 17.7 Å². The van der Waals surface area contributed by atoms with E-state index < -0.39 is 0 Å². The van der Waals surface area contributed by atoms with Gasteiger partial charge >= 0.3 is 0 Å². The molecule has 0 radical (unpaired) electrons. The van der Waals surface area contributed by atoms with Gasteiger partial charge < -0.3 is 5.32 Å². The third kappa shape index (κ3) is 3.49. The molecule has 1 aromatic carbocycles. The molecule has 5 nitrogen and oxygen atoms in total. The maximum atomic E-state index is 12.3. The fraction of sp³-hybridized carbons (Fsp3) is 0.235. The first kappa shape index (κ1) is 16.7. The zero-order valence-corrected chi connectivity index (χ0v) is 15.2. The maximum absolute atomic E-state index is 12.3. The Labute approximate surface area is 149 Å². The van der Waals surface area contributed by atoms with Crippen molar-refractivity contribution in [3.8, 4) is 5.13 Å². The first-order valence-corrected chi connectivity index (χ1v) is 8.73. The smallest absolute Gasteiger partial charge is 0.230 e. The monoisotopic (exact) mass is 360 g/mol. The lowest BCUT2D eigenvalue weighted by Crippen LogP contribution is -2.15. The Morgan fingerprint density at radius 2 is 2.12 bits per heavy atom. The van der Waals surface area contributed by atoms with Crippen molar-refractivity contribution >= 4 is 34.5 Å². The van der Waals surface area contributed by atoms with E-state index in [4.69, 9.17) is 11.6 Å². The van der Waals surface area contributed by atoms with Crippen LogP contribution in [-0.2, 0) is 11.2 Å². The lowest BCUT2D eigenvalue weighted by Gasteiger charge is -2.08. The van der Waals surface area contributed by atoms with E-state index in [1.807, 2.05) is 44.4 Å². The topological polar surface area (TPSA) is 59.8 Å². The molecule has 0 aliphatic rings. The molecule has 0 atom stereocenters. The number of aromatic nitrogens is 3. The third-order valence-corrected chi connectivity index (χ3v) is 4.89. The zero-order chi connectivity index (χ0) is 17.3. The number of hydrogen-bond acceptors (Lipinski definition) is 4. The Balaban J connectivity index is 1.71. The molecular formula is C17H17ClN4OS. The summed E-state index contributed by atoms with van der Waals surface area (Å²) in [5.41, 5.74) is 4.26. The number of thiazole rings is 1. The second-order valence-corrected chi connectivity index (χ2v) is 6.84. The van der Waals surface area contributed by atoms with Crippen molar-refractivity contribution in [2.45, 2.75) is 27.2 Å². The summed E-state index contributed by atoms with van der Waals surface area (Å²) in [5, 5.41) is 10.6. The lowest BCUT2D eigenvalue weighted by molar-refractivity contribution is -0.115. The molecule has 0 fully saturated rings. The van der Waals surface area contributed by atoms with Crippen LogP contribution >= 0.6 is 22.9 Å². The average Bonchev–Trinajstić information content (AvgIpc) is 3.10. The number of rotatable bonds is 4. The summed E-state index contributed by atoms with van der Waals surface area (Å²) in [5.74, 6) is -0.120. The lowest BCUT2D eigenvalue weighted by atomic mass is 10.2. The minimum atomic E-state index is -0.120. The van der Waals surface area contributed by atoms with Crippen molar-refractivity contribution in [3.05, 3.63) is 57.3 Å². The number of halogens is 1. The van der Waals surface area contributed by atoms with Crippen LogP contribution in [0, 0.1) is 20.8 Å². The van der Waals surface area contributed by atoms with Gasteiger partial charge in [0.25, 0.3) is 0 Å². The number of carbonyl (C=O) groups excluding carboxylic acids is 1. The molecular weight excluding hydrogens is 344 g/mol. The minimum Gasteiger partial charge on any atom is -0.325 e. The van der Waals surface area contributed by atoms with Crippen LogP contribution in [0.3, 0.4) is 0 Å². The third-order valence-electron chi connectivity index (χ3n) is 3.61. The van der Waals surface area contributed by atoms with Crippen LogP contribution in [0.2, 0.25) is 5.02 Å². The summed E-state index contributed by atoms with van der Waals surface area (Å²) in [6.07, 6.45) is 0.210. The van der Waals surface area contributed by atoms with E-state index in [-0.39, 0.29) is 12.3 Å².